The van der Waals surface area contributed by atoms with Crippen LogP contribution in [0.25, 0.3) is 0 Å². The minimum absolute atomic E-state index is 0.163. The van der Waals surface area contributed by atoms with Gasteiger partial charge in [0.05, 0.1) is 0 Å². The topological polar surface area (TPSA) is 61.9 Å². The minimum atomic E-state index is 0.163. The number of nitrogens with two attached hydrogens (primary N) is 1. The first-order valence-electron chi connectivity index (χ1n) is 6.96. The van der Waals surface area contributed by atoms with Crippen LogP contribution in [0.4, 0.5) is 0 Å². The minimum Gasteiger partial charge on any atom is -0.409 e. The number of hydrogen-bond donors (Lipinski definition) is 2. The number of oxime groups is 1. The molecule has 2 atom stereocenters. The van der Waals surface area contributed by atoms with Crippen molar-refractivity contribution in [2.24, 2.45) is 10.9 Å². The van der Waals surface area contributed by atoms with Crippen molar-refractivity contribution < 1.29 is 5.21 Å². The smallest absolute Gasteiger partial charge is 0.170 e. The van der Waals surface area contributed by atoms with Crippen molar-refractivity contribution in [2.75, 3.05) is 12.3 Å². The summed E-state index contributed by atoms with van der Waals surface area (Å²) in [6, 6.07) is 6.58. The third-order valence-corrected chi connectivity index (χ3v) is 5.47. The second kappa shape index (κ2) is 6.50. The molecule has 0 amide bonds. The van der Waals surface area contributed by atoms with Crippen LogP contribution < -0.4 is 5.73 Å². The van der Waals surface area contributed by atoms with Gasteiger partial charge in [-0.1, -0.05) is 24.2 Å². The van der Waals surface area contributed by atoms with Crippen molar-refractivity contribution in [3.8, 4) is 0 Å². The number of nitrogens with zero attached hydrogens (tertiary/aromatic N) is 2. The summed E-state index contributed by atoms with van der Waals surface area (Å²) in [6.45, 7) is 8.79. The van der Waals surface area contributed by atoms with Crippen LogP contribution in [0.1, 0.15) is 30.5 Å². The summed E-state index contributed by atoms with van der Waals surface area (Å²) in [5, 5.41) is 12.5. The van der Waals surface area contributed by atoms with Crippen molar-refractivity contribution in [3.63, 3.8) is 0 Å². The quantitative estimate of drug-likeness (QED) is 0.389. The van der Waals surface area contributed by atoms with Gasteiger partial charge in [-0.2, -0.15) is 11.8 Å². The number of hydrogen-bond acceptors (Lipinski definition) is 4. The van der Waals surface area contributed by atoms with E-state index < -0.39 is 0 Å². The molecule has 1 saturated heterocycles. The molecule has 110 valence electrons. The van der Waals surface area contributed by atoms with Gasteiger partial charge in [0.25, 0.3) is 0 Å². The average molecular weight is 293 g/mol. The van der Waals surface area contributed by atoms with Crippen LogP contribution in [0, 0.1) is 6.92 Å². The van der Waals surface area contributed by atoms with Gasteiger partial charge in [-0.05, 0) is 31.0 Å². The van der Waals surface area contributed by atoms with Crippen molar-refractivity contribution in [3.05, 3.63) is 34.9 Å². The van der Waals surface area contributed by atoms with Crippen LogP contribution >= 0.6 is 11.8 Å². The van der Waals surface area contributed by atoms with E-state index in [4.69, 9.17) is 10.9 Å². The maximum atomic E-state index is 8.73. The Balaban J connectivity index is 2.14. The van der Waals surface area contributed by atoms with E-state index in [2.05, 4.69) is 48.7 Å². The molecule has 0 saturated carbocycles. The number of thioether (sulfide) groups is 1. The molecular formula is C15H23N3OS. The van der Waals surface area contributed by atoms with Crippen molar-refractivity contribution >= 4 is 17.6 Å². The Morgan fingerprint density at radius 3 is 2.90 bits per heavy atom. The van der Waals surface area contributed by atoms with Crippen LogP contribution in [-0.2, 0) is 6.54 Å². The highest BCUT2D eigenvalue weighted by Gasteiger charge is 2.25. The average Bonchev–Trinajstić information content (AvgIpc) is 2.45. The van der Waals surface area contributed by atoms with E-state index in [-0.39, 0.29) is 5.84 Å². The largest absolute Gasteiger partial charge is 0.409 e. The Morgan fingerprint density at radius 2 is 2.25 bits per heavy atom. The fourth-order valence-corrected chi connectivity index (χ4v) is 3.69. The molecule has 4 nitrogen and oxygen atoms in total. The summed E-state index contributed by atoms with van der Waals surface area (Å²) >= 11 is 2.05. The molecule has 1 aromatic rings. The summed E-state index contributed by atoms with van der Waals surface area (Å²) in [6.07, 6.45) is 0. The third-order valence-electron chi connectivity index (χ3n) is 4.13. The lowest BCUT2D eigenvalue weighted by Crippen LogP contribution is -2.44. The Hall–Kier alpha value is -1.20. The molecule has 0 aromatic heterocycles. The van der Waals surface area contributed by atoms with E-state index in [9.17, 15) is 0 Å². The molecule has 1 aromatic carbocycles. The standard InChI is InChI=1S/C15H23N3OS/c1-10-8-13(15(16)17-19)4-5-14(10)9-18-6-7-20-12(3)11(18)2/h4-5,8,11-12,19H,6-7,9H2,1-3H3,(H2,16,17). The first kappa shape index (κ1) is 15.2. The van der Waals surface area contributed by atoms with Gasteiger partial charge in [0.1, 0.15) is 0 Å². The van der Waals surface area contributed by atoms with Crippen molar-refractivity contribution in [1.29, 1.82) is 0 Å². The summed E-state index contributed by atoms with van der Waals surface area (Å²) in [7, 11) is 0. The maximum absolute atomic E-state index is 8.73. The van der Waals surface area contributed by atoms with Gasteiger partial charge in [-0.25, -0.2) is 0 Å². The Morgan fingerprint density at radius 1 is 1.50 bits per heavy atom. The third kappa shape index (κ3) is 3.27. The highest BCUT2D eigenvalue weighted by Crippen LogP contribution is 2.26. The van der Waals surface area contributed by atoms with Gasteiger partial charge in [-0.15, -0.1) is 0 Å². The molecular weight excluding hydrogens is 270 g/mol. The lowest BCUT2D eigenvalue weighted by Gasteiger charge is -2.37. The molecule has 0 radical (unpaired) electrons. The SMILES string of the molecule is Cc1cc(/C(N)=N/O)ccc1CN1CCSC(C)C1C. The highest BCUT2D eigenvalue weighted by molar-refractivity contribution is 8.00. The molecule has 1 fully saturated rings. The molecule has 1 aliphatic heterocycles. The van der Waals surface area contributed by atoms with Crippen molar-refractivity contribution in [2.45, 2.75) is 38.6 Å². The fourth-order valence-electron chi connectivity index (χ4n) is 2.53. The van der Waals surface area contributed by atoms with Gasteiger partial charge in [0.15, 0.2) is 5.84 Å². The Labute approximate surface area is 125 Å². The van der Waals surface area contributed by atoms with Crippen LogP contribution in [0.3, 0.4) is 0 Å². The number of rotatable bonds is 3. The maximum Gasteiger partial charge on any atom is 0.170 e. The zero-order valence-corrected chi connectivity index (χ0v) is 13.2. The normalized spacial score (nSPS) is 24.9. The molecule has 3 N–H and O–H groups in total. The first-order chi connectivity index (χ1) is 9.52. The van der Waals surface area contributed by atoms with Crippen LogP contribution in [-0.4, -0.2) is 39.5 Å². The van der Waals surface area contributed by atoms with E-state index in [1.165, 1.54) is 16.9 Å². The zero-order chi connectivity index (χ0) is 14.7. The second-order valence-corrected chi connectivity index (χ2v) is 6.90. The molecule has 1 heterocycles. The van der Waals surface area contributed by atoms with Gasteiger partial charge in [-0.3, -0.25) is 4.90 Å². The summed E-state index contributed by atoms with van der Waals surface area (Å²) in [5.74, 6) is 1.36. The molecule has 0 aliphatic carbocycles. The number of benzene rings is 1. The summed E-state index contributed by atoms with van der Waals surface area (Å²) in [5.41, 5.74) is 8.89. The van der Waals surface area contributed by atoms with E-state index in [0.29, 0.717) is 11.3 Å². The van der Waals surface area contributed by atoms with Gasteiger partial charge >= 0.3 is 0 Å². The molecule has 1 aliphatic rings. The molecule has 20 heavy (non-hydrogen) atoms. The molecule has 5 heteroatoms. The Bertz CT molecular complexity index is 504. The molecule has 2 rings (SSSR count). The van der Waals surface area contributed by atoms with Crippen LogP contribution in [0.2, 0.25) is 0 Å². The van der Waals surface area contributed by atoms with Crippen LogP contribution in [0.5, 0.6) is 0 Å². The molecule has 2 unspecified atom stereocenters. The zero-order valence-electron chi connectivity index (χ0n) is 12.3. The monoisotopic (exact) mass is 293 g/mol. The van der Waals surface area contributed by atoms with Crippen molar-refractivity contribution in [1.82, 2.24) is 4.90 Å². The summed E-state index contributed by atoms with van der Waals surface area (Å²) < 4.78 is 0. The molecule has 0 bridgehead atoms. The molecule has 0 spiro atoms. The number of amidine groups is 1. The lowest BCUT2D eigenvalue weighted by molar-refractivity contribution is 0.204. The second-order valence-electron chi connectivity index (χ2n) is 5.41. The van der Waals surface area contributed by atoms with E-state index >= 15 is 0 Å². The Kier molecular flexibility index (Phi) is 4.94. The van der Waals surface area contributed by atoms with E-state index in [1.807, 2.05) is 12.1 Å². The van der Waals surface area contributed by atoms with Gasteiger partial charge in [0.2, 0.25) is 0 Å². The van der Waals surface area contributed by atoms with Gasteiger partial charge < -0.3 is 10.9 Å². The lowest BCUT2D eigenvalue weighted by atomic mass is 10.0. The van der Waals surface area contributed by atoms with E-state index in [1.54, 1.807) is 0 Å². The van der Waals surface area contributed by atoms with Gasteiger partial charge in [0, 0.05) is 35.7 Å². The fraction of sp³-hybridized carbons (Fsp3) is 0.533. The first-order valence-corrected chi connectivity index (χ1v) is 8.01. The van der Waals surface area contributed by atoms with E-state index in [0.717, 1.165) is 18.7 Å². The highest BCUT2D eigenvalue weighted by atomic mass is 32.2. The predicted octanol–water partition coefficient (Wildman–Crippen LogP) is 2.42. The summed E-state index contributed by atoms with van der Waals surface area (Å²) in [4.78, 5) is 2.53. The van der Waals surface area contributed by atoms with Crippen LogP contribution in [0.15, 0.2) is 23.4 Å². The number of aryl methyl sites for hydroxylation is 1. The predicted molar refractivity (Wildman–Crippen MR) is 85.5 cm³/mol.